The fourth-order valence-electron chi connectivity index (χ4n) is 9.74. The van der Waals surface area contributed by atoms with E-state index in [0.717, 1.165) is 86.9 Å². The predicted octanol–water partition coefficient (Wildman–Crippen LogP) is 3.71. The number of amides is 4. The predicted molar refractivity (Wildman–Crippen MR) is 223 cm³/mol. The van der Waals surface area contributed by atoms with E-state index in [1.54, 1.807) is 47.3 Å². The summed E-state index contributed by atoms with van der Waals surface area (Å²) in [5.41, 5.74) is 3.78. The highest BCUT2D eigenvalue weighted by molar-refractivity contribution is 7.92. The second-order valence-corrected chi connectivity index (χ2v) is 18.6. The number of ether oxygens (including phenoxy) is 1. The zero-order valence-electron chi connectivity index (χ0n) is 33.6. The van der Waals surface area contributed by atoms with E-state index < -0.39 is 39.7 Å². The van der Waals surface area contributed by atoms with Crippen molar-refractivity contribution >= 4 is 61.8 Å². The van der Waals surface area contributed by atoms with Crippen molar-refractivity contribution in [2.24, 2.45) is 11.3 Å². The average Bonchev–Trinajstić information content (AvgIpc) is 4.06. The highest BCUT2D eigenvalue weighted by Crippen LogP contribution is 2.44. The van der Waals surface area contributed by atoms with E-state index in [2.05, 4.69) is 35.0 Å². The van der Waals surface area contributed by atoms with Crippen LogP contribution in [0.15, 0.2) is 82.5 Å². The quantitative estimate of drug-likeness (QED) is 0.183. The van der Waals surface area contributed by atoms with Gasteiger partial charge in [0.25, 0.3) is 21.8 Å². The van der Waals surface area contributed by atoms with Gasteiger partial charge in [0, 0.05) is 68.3 Å². The molecule has 4 saturated heterocycles. The van der Waals surface area contributed by atoms with Gasteiger partial charge in [0.1, 0.15) is 17.2 Å². The Bertz CT molecular complexity index is 2680. The Labute approximate surface area is 351 Å². The number of fused-ring (bicyclic) bond motifs is 2. The molecule has 316 valence electrons. The Morgan fingerprint density at radius 3 is 2.49 bits per heavy atom. The number of likely N-dealkylation sites (tertiary alicyclic amines) is 1. The van der Waals surface area contributed by atoms with Crippen molar-refractivity contribution in [3.63, 3.8) is 0 Å². The molecular formula is C43H45N9O8S. The number of rotatable bonds is 11. The number of methoxy groups -OCH3 is 1. The molecule has 0 saturated carbocycles. The fraction of sp³-hybridized carbons (Fsp3) is 0.395. The Kier molecular flexibility index (Phi) is 9.58. The van der Waals surface area contributed by atoms with Crippen LogP contribution >= 0.6 is 0 Å². The zero-order valence-corrected chi connectivity index (χ0v) is 34.4. The molecule has 4 amide bonds. The van der Waals surface area contributed by atoms with Crippen molar-refractivity contribution in [2.45, 2.75) is 49.6 Å². The minimum atomic E-state index is -4.01. The largest absolute Gasteiger partial charge is 0.496 e. The van der Waals surface area contributed by atoms with Crippen molar-refractivity contribution in [3.05, 3.63) is 89.7 Å². The number of hydrogen-bond acceptors (Lipinski definition) is 13. The SMILES string of the molecule is COc1cc(Cn2cccn2)cc2onc(NS(=O)(=O)c3cccc(N4CC5(CCN(C[C@@H]6CCN(c7ccc8c(c7)C(=O)N(C7CCC(=O)NC7=O)C8=O)C6)CC5)C4)c3)c12. The van der Waals surface area contributed by atoms with Gasteiger partial charge < -0.3 is 24.0 Å². The number of carbonyl (C=O) groups is 4. The van der Waals surface area contributed by atoms with E-state index in [-0.39, 0.29) is 34.5 Å². The van der Waals surface area contributed by atoms with E-state index in [1.165, 1.54) is 7.11 Å². The summed E-state index contributed by atoms with van der Waals surface area (Å²) < 4.78 is 43.0. The Hall–Kier alpha value is -6.27. The number of hydrogen-bond donors (Lipinski definition) is 2. The summed E-state index contributed by atoms with van der Waals surface area (Å²) in [7, 11) is -2.50. The first-order valence-corrected chi connectivity index (χ1v) is 22.1. The van der Waals surface area contributed by atoms with Gasteiger partial charge in [-0.15, -0.1) is 0 Å². The second kappa shape index (κ2) is 15.0. The van der Waals surface area contributed by atoms with Gasteiger partial charge in [-0.25, -0.2) is 8.42 Å². The van der Waals surface area contributed by atoms with Crippen LogP contribution in [0.2, 0.25) is 0 Å². The Morgan fingerprint density at radius 1 is 0.918 bits per heavy atom. The molecule has 18 heteroatoms. The summed E-state index contributed by atoms with van der Waals surface area (Å²) in [5.74, 6) is -1.05. The highest BCUT2D eigenvalue weighted by Gasteiger charge is 2.47. The Morgan fingerprint density at radius 2 is 1.72 bits per heavy atom. The number of anilines is 3. The normalized spacial score (nSPS) is 21.6. The first-order valence-electron chi connectivity index (χ1n) is 20.6. The smallest absolute Gasteiger partial charge is 0.263 e. The van der Waals surface area contributed by atoms with Gasteiger partial charge in [0.05, 0.1) is 29.7 Å². The van der Waals surface area contributed by atoms with Crippen molar-refractivity contribution in [1.29, 1.82) is 0 Å². The molecule has 1 spiro atoms. The van der Waals surface area contributed by atoms with Crippen LogP contribution in [0.5, 0.6) is 5.75 Å². The molecule has 7 heterocycles. The van der Waals surface area contributed by atoms with Crippen LogP contribution in [0.1, 0.15) is 58.4 Å². The molecule has 1 unspecified atom stereocenters. The molecule has 0 aliphatic carbocycles. The van der Waals surface area contributed by atoms with Crippen LogP contribution in [0, 0.1) is 11.3 Å². The van der Waals surface area contributed by atoms with E-state index in [0.29, 0.717) is 34.7 Å². The molecule has 61 heavy (non-hydrogen) atoms. The molecule has 3 aromatic carbocycles. The van der Waals surface area contributed by atoms with E-state index in [4.69, 9.17) is 9.26 Å². The van der Waals surface area contributed by atoms with Crippen molar-refractivity contribution < 1.29 is 36.9 Å². The standard InChI is InChI=1S/C43H45N9O8S/c1-59-35-18-28(24-51-14-3-13-44-51)19-36-38(35)39(46-60-36)47-61(57,58)31-5-2-4-29(20-31)50-25-43(26-50)11-16-48(17-12-43)22-27-10-15-49(23-27)30-6-7-32-33(21-30)42(56)52(41(32)55)34-8-9-37(53)45-40(34)54/h2-7,13-14,18-21,27,34H,8-12,15-17,22-26H2,1H3,(H,46,47)(H,45,53,54)/t27-,34?/m0/s1. The average molecular weight is 848 g/mol. The highest BCUT2D eigenvalue weighted by atomic mass is 32.2. The minimum absolute atomic E-state index is 0.0559. The number of nitrogens with one attached hydrogen (secondary N) is 2. The maximum Gasteiger partial charge on any atom is 0.263 e. The first-order chi connectivity index (χ1) is 29.5. The molecule has 5 aromatic rings. The van der Waals surface area contributed by atoms with Crippen molar-refractivity contribution in [2.75, 3.05) is 67.4 Å². The number of sulfonamides is 1. The van der Waals surface area contributed by atoms with E-state index in [9.17, 15) is 27.6 Å². The lowest BCUT2D eigenvalue weighted by Gasteiger charge is -2.55. The monoisotopic (exact) mass is 847 g/mol. The lowest BCUT2D eigenvalue weighted by molar-refractivity contribution is -0.136. The fourth-order valence-corrected chi connectivity index (χ4v) is 10.8. The molecular weight excluding hydrogens is 803 g/mol. The lowest BCUT2D eigenvalue weighted by atomic mass is 9.71. The molecule has 2 N–H and O–H groups in total. The second-order valence-electron chi connectivity index (χ2n) is 16.9. The lowest BCUT2D eigenvalue weighted by Crippen LogP contribution is -2.60. The van der Waals surface area contributed by atoms with Crippen molar-refractivity contribution in [1.82, 2.24) is 30.1 Å². The summed E-state index contributed by atoms with van der Waals surface area (Å²) >= 11 is 0. The van der Waals surface area contributed by atoms with E-state index in [1.807, 2.05) is 30.5 Å². The number of piperidine rings is 2. The molecule has 10 rings (SSSR count). The molecule has 17 nitrogen and oxygen atoms in total. The third kappa shape index (κ3) is 7.16. The van der Waals surface area contributed by atoms with Crippen LogP contribution in [0.4, 0.5) is 17.2 Å². The van der Waals surface area contributed by atoms with Crippen LogP contribution < -0.4 is 24.6 Å². The van der Waals surface area contributed by atoms with E-state index >= 15 is 0 Å². The molecule has 0 radical (unpaired) electrons. The summed E-state index contributed by atoms with van der Waals surface area (Å²) in [6.45, 7) is 6.86. The number of aromatic nitrogens is 3. The maximum absolute atomic E-state index is 13.7. The summed E-state index contributed by atoms with van der Waals surface area (Å²) in [5, 5.41) is 11.0. The van der Waals surface area contributed by atoms with Gasteiger partial charge >= 0.3 is 0 Å². The Balaban J connectivity index is 0.724. The van der Waals surface area contributed by atoms with Gasteiger partial charge in [0.15, 0.2) is 11.4 Å². The van der Waals surface area contributed by atoms with Crippen LogP contribution in [0.3, 0.4) is 0 Å². The molecule has 2 aromatic heterocycles. The van der Waals surface area contributed by atoms with Crippen LogP contribution in [-0.4, -0.2) is 116 Å². The number of carbonyl (C=O) groups excluding carboxylic acids is 4. The van der Waals surface area contributed by atoms with Gasteiger partial charge in [0.2, 0.25) is 11.8 Å². The van der Waals surface area contributed by atoms with Gasteiger partial charge in [-0.3, -0.25) is 38.8 Å². The number of imide groups is 2. The van der Waals surface area contributed by atoms with Crippen molar-refractivity contribution in [3.8, 4) is 5.75 Å². The third-order valence-corrected chi connectivity index (χ3v) is 14.3. The van der Waals surface area contributed by atoms with Crippen LogP contribution in [0.25, 0.3) is 11.0 Å². The number of nitrogens with zero attached hydrogens (tertiary/aromatic N) is 7. The third-order valence-electron chi connectivity index (χ3n) is 13.0. The van der Waals surface area contributed by atoms with Gasteiger partial charge in [-0.05, 0) is 105 Å². The van der Waals surface area contributed by atoms with Gasteiger partial charge in [-0.2, -0.15) is 5.10 Å². The topological polar surface area (TPSA) is 193 Å². The molecule has 2 atom stereocenters. The zero-order chi connectivity index (χ0) is 42.0. The molecule has 4 fully saturated rings. The molecule has 5 aliphatic rings. The minimum Gasteiger partial charge on any atom is -0.496 e. The molecule has 5 aliphatic heterocycles. The van der Waals surface area contributed by atoms with Gasteiger partial charge in [-0.1, -0.05) is 11.2 Å². The summed E-state index contributed by atoms with van der Waals surface area (Å²) in [4.78, 5) is 58.9. The maximum atomic E-state index is 13.7. The molecule has 0 bridgehead atoms. The summed E-state index contributed by atoms with van der Waals surface area (Å²) in [6, 6.07) is 16.8. The summed E-state index contributed by atoms with van der Waals surface area (Å²) in [6.07, 6.45) is 6.90. The van der Waals surface area contributed by atoms with Crippen LogP contribution in [-0.2, 0) is 26.2 Å². The first kappa shape index (κ1) is 38.9. The number of benzene rings is 3.